The largest absolute Gasteiger partial charge is 0.489 e. The second-order valence-electron chi connectivity index (χ2n) is 8.28. The lowest BCUT2D eigenvalue weighted by Gasteiger charge is -2.34. The van der Waals surface area contributed by atoms with Crippen LogP contribution in [0.2, 0.25) is 5.02 Å². The third-order valence-corrected chi connectivity index (χ3v) is 7.52. The molecule has 0 bridgehead atoms. The Hall–Kier alpha value is -2.33. The smallest absolute Gasteiger partial charge is 0.243 e. The highest BCUT2D eigenvalue weighted by molar-refractivity contribution is 7.89. The van der Waals surface area contributed by atoms with Gasteiger partial charge in [0.15, 0.2) is 11.5 Å². The second kappa shape index (κ2) is 9.89. The predicted molar refractivity (Wildman–Crippen MR) is 125 cm³/mol. The van der Waals surface area contributed by atoms with E-state index in [4.69, 9.17) is 25.8 Å². The average molecular weight is 495 g/mol. The zero-order valence-electron chi connectivity index (χ0n) is 18.5. The first-order chi connectivity index (χ1) is 15.7. The molecule has 1 saturated heterocycles. The van der Waals surface area contributed by atoms with E-state index in [1.807, 2.05) is 13.8 Å². The third kappa shape index (κ3) is 5.60. The van der Waals surface area contributed by atoms with Gasteiger partial charge in [-0.1, -0.05) is 11.6 Å². The van der Waals surface area contributed by atoms with E-state index in [-0.39, 0.29) is 29.4 Å². The molecule has 0 aromatic heterocycles. The highest BCUT2D eigenvalue weighted by Crippen LogP contribution is 2.38. The van der Waals surface area contributed by atoms with E-state index in [2.05, 4.69) is 5.32 Å². The van der Waals surface area contributed by atoms with E-state index in [1.54, 1.807) is 24.3 Å². The van der Waals surface area contributed by atoms with Gasteiger partial charge in [0.05, 0.1) is 41.8 Å². The molecule has 4 rings (SSSR count). The van der Waals surface area contributed by atoms with Gasteiger partial charge in [0.25, 0.3) is 0 Å². The minimum atomic E-state index is -3.64. The average Bonchev–Trinajstić information content (AvgIpc) is 2.99. The number of carbonyl (C=O) groups is 1. The molecule has 0 radical (unpaired) electrons. The molecule has 1 fully saturated rings. The van der Waals surface area contributed by atoms with Crippen LogP contribution in [0.4, 0.5) is 5.69 Å². The van der Waals surface area contributed by atoms with Crippen LogP contribution in [0.5, 0.6) is 11.5 Å². The van der Waals surface area contributed by atoms with Crippen LogP contribution in [-0.4, -0.2) is 57.1 Å². The van der Waals surface area contributed by atoms with Crippen LogP contribution < -0.4 is 14.8 Å². The van der Waals surface area contributed by atoms with Crippen LogP contribution >= 0.6 is 11.6 Å². The highest BCUT2D eigenvalue weighted by atomic mass is 35.5. The monoisotopic (exact) mass is 494 g/mol. The van der Waals surface area contributed by atoms with Gasteiger partial charge in [-0.25, -0.2) is 8.42 Å². The van der Waals surface area contributed by atoms with E-state index < -0.39 is 10.0 Å². The number of morpholine rings is 1. The van der Waals surface area contributed by atoms with Gasteiger partial charge in [-0.2, -0.15) is 4.31 Å². The van der Waals surface area contributed by atoms with Gasteiger partial charge < -0.3 is 19.5 Å². The lowest BCUT2D eigenvalue weighted by atomic mass is 10.1. The maximum atomic E-state index is 13.0. The lowest BCUT2D eigenvalue weighted by Crippen LogP contribution is -2.48. The number of sulfonamides is 1. The van der Waals surface area contributed by atoms with E-state index in [1.165, 1.54) is 16.4 Å². The molecule has 10 heteroatoms. The molecule has 1 N–H and O–H groups in total. The number of nitrogens with zero attached hydrogens (tertiary/aromatic N) is 1. The zero-order valence-corrected chi connectivity index (χ0v) is 20.1. The Kier molecular flexibility index (Phi) is 7.13. The highest BCUT2D eigenvalue weighted by Gasteiger charge is 2.32. The van der Waals surface area contributed by atoms with Crippen molar-refractivity contribution in [1.29, 1.82) is 0 Å². The number of nitrogens with one attached hydrogen (secondary N) is 1. The van der Waals surface area contributed by atoms with E-state index in [0.717, 1.165) is 6.42 Å². The van der Waals surface area contributed by atoms with Crippen LogP contribution in [0.1, 0.15) is 25.8 Å². The molecule has 178 valence electrons. The van der Waals surface area contributed by atoms with Crippen molar-refractivity contribution in [3.8, 4) is 11.5 Å². The maximum Gasteiger partial charge on any atom is 0.243 e. The summed E-state index contributed by atoms with van der Waals surface area (Å²) in [6, 6.07) is 9.61. The van der Waals surface area contributed by atoms with Crippen molar-refractivity contribution in [1.82, 2.24) is 4.31 Å². The Morgan fingerprint density at radius 2 is 1.76 bits per heavy atom. The van der Waals surface area contributed by atoms with Crippen LogP contribution in [0, 0.1) is 0 Å². The summed E-state index contributed by atoms with van der Waals surface area (Å²) in [4.78, 5) is 12.7. The molecule has 8 nitrogen and oxygen atoms in total. The van der Waals surface area contributed by atoms with Crippen molar-refractivity contribution in [2.24, 2.45) is 0 Å². The molecule has 0 saturated carbocycles. The summed E-state index contributed by atoms with van der Waals surface area (Å²) in [6.07, 6.45) is 0.511. The molecule has 33 heavy (non-hydrogen) atoms. The van der Waals surface area contributed by atoms with Crippen molar-refractivity contribution in [3.05, 3.63) is 47.0 Å². The van der Waals surface area contributed by atoms with Crippen molar-refractivity contribution in [3.63, 3.8) is 0 Å². The van der Waals surface area contributed by atoms with Crippen molar-refractivity contribution in [2.45, 2.75) is 43.8 Å². The second-order valence-corrected chi connectivity index (χ2v) is 10.6. The molecule has 2 aliphatic rings. The molecule has 2 heterocycles. The van der Waals surface area contributed by atoms with Gasteiger partial charge in [0.2, 0.25) is 15.9 Å². The molecule has 2 aliphatic heterocycles. The molecule has 1 amide bonds. The Bertz CT molecular complexity index is 1110. The van der Waals surface area contributed by atoms with E-state index in [9.17, 15) is 13.2 Å². The molecule has 2 atom stereocenters. The number of fused-ring (bicyclic) bond motifs is 1. The SMILES string of the molecule is CC1CN(S(=O)(=O)c2ccc(NC(=O)Cc3cc(Cl)c4c(c3)OCCCO4)cc2)CC(C)O1. The van der Waals surface area contributed by atoms with Gasteiger partial charge >= 0.3 is 0 Å². The van der Waals surface area contributed by atoms with Crippen LogP contribution in [0.3, 0.4) is 0 Å². The minimum Gasteiger partial charge on any atom is -0.489 e. The maximum absolute atomic E-state index is 13.0. The first kappa shape index (κ1) is 23.8. The number of rotatable bonds is 5. The van der Waals surface area contributed by atoms with Crippen LogP contribution in [0.15, 0.2) is 41.3 Å². The summed E-state index contributed by atoms with van der Waals surface area (Å²) in [5.74, 6) is 0.773. The number of anilines is 1. The zero-order chi connectivity index (χ0) is 23.6. The fourth-order valence-electron chi connectivity index (χ4n) is 3.96. The number of halogens is 1. The summed E-state index contributed by atoms with van der Waals surface area (Å²) in [5, 5.41) is 3.19. The summed E-state index contributed by atoms with van der Waals surface area (Å²) < 4.78 is 44.3. The van der Waals surface area contributed by atoms with Gasteiger partial charge in [-0.3, -0.25) is 4.79 Å². The van der Waals surface area contributed by atoms with E-state index >= 15 is 0 Å². The molecular weight excluding hydrogens is 468 g/mol. The standard InChI is InChI=1S/C23H27ClN2O6S/c1-15-13-26(14-16(2)32-15)33(28,29)19-6-4-18(5-7-19)25-22(27)12-17-10-20(24)23-21(11-17)30-8-3-9-31-23/h4-7,10-11,15-16H,3,8-9,12-14H2,1-2H3,(H,25,27). The number of benzene rings is 2. The summed E-state index contributed by atoms with van der Waals surface area (Å²) >= 11 is 6.30. The summed E-state index contributed by atoms with van der Waals surface area (Å²) in [7, 11) is -3.64. The third-order valence-electron chi connectivity index (χ3n) is 5.39. The number of amides is 1. The Morgan fingerprint density at radius 3 is 2.45 bits per heavy atom. The molecular formula is C23H27ClN2O6S. The number of carbonyl (C=O) groups excluding carboxylic acids is 1. The fourth-order valence-corrected chi connectivity index (χ4v) is 5.84. The van der Waals surface area contributed by atoms with Gasteiger partial charge in [-0.15, -0.1) is 0 Å². The normalized spacial score (nSPS) is 21.3. The number of hydrogen-bond acceptors (Lipinski definition) is 6. The molecule has 2 unspecified atom stereocenters. The lowest BCUT2D eigenvalue weighted by molar-refractivity contribution is -0.115. The van der Waals surface area contributed by atoms with Crippen molar-refractivity contribution in [2.75, 3.05) is 31.6 Å². The molecule has 2 aromatic rings. The van der Waals surface area contributed by atoms with Crippen LogP contribution in [0.25, 0.3) is 0 Å². The topological polar surface area (TPSA) is 94.2 Å². The summed E-state index contributed by atoms with van der Waals surface area (Å²) in [5.41, 5.74) is 1.19. The number of hydrogen-bond donors (Lipinski definition) is 1. The Balaban J connectivity index is 1.41. The van der Waals surface area contributed by atoms with E-state index in [0.29, 0.717) is 54.1 Å². The Labute approximate surface area is 198 Å². The molecule has 0 spiro atoms. The molecule has 2 aromatic carbocycles. The minimum absolute atomic E-state index is 0.0833. The number of ether oxygens (including phenoxy) is 3. The van der Waals surface area contributed by atoms with Gasteiger partial charge in [0.1, 0.15) is 0 Å². The quantitative estimate of drug-likeness (QED) is 0.684. The van der Waals surface area contributed by atoms with Crippen molar-refractivity contribution < 1.29 is 27.4 Å². The fraction of sp³-hybridized carbons (Fsp3) is 0.435. The molecule has 0 aliphatic carbocycles. The van der Waals surface area contributed by atoms with Gasteiger partial charge in [-0.05, 0) is 55.8 Å². The van der Waals surface area contributed by atoms with Crippen LogP contribution in [-0.2, 0) is 26.0 Å². The van der Waals surface area contributed by atoms with Gasteiger partial charge in [0, 0.05) is 25.2 Å². The first-order valence-electron chi connectivity index (χ1n) is 10.9. The summed E-state index contributed by atoms with van der Waals surface area (Å²) in [6.45, 7) is 5.38. The van der Waals surface area contributed by atoms with Crippen molar-refractivity contribution >= 4 is 33.2 Å². The predicted octanol–water partition coefficient (Wildman–Crippen LogP) is 3.48. The first-order valence-corrected chi connectivity index (χ1v) is 12.7. The Morgan fingerprint density at radius 1 is 1.09 bits per heavy atom.